The van der Waals surface area contributed by atoms with Crippen molar-refractivity contribution in [2.75, 3.05) is 0 Å². The van der Waals surface area contributed by atoms with Gasteiger partial charge in [-0.05, 0) is 49.2 Å². The number of aromatic nitrogens is 6. The van der Waals surface area contributed by atoms with Gasteiger partial charge in [0.05, 0.1) is 22.8 Å². The quantitative estimate of drug-likeness (QED) is 0.566. The van der Waals surface area contributed by atoms with Crippen molar-refractivity contribution < 1.29 is 0 Å². The zero-order valence-corrected chi connectivity index (χ0v) is 14.5. The first kappa shape index (κ1) is 16.0. The van der Waals surface area contributed by atoms with Crippen molar-refractivity contribution >= 4 is 0 Å². The summed E-state index contributed by atoms with van der Waals surface area (Å²) in [6.07, 6.45) is 7.02. The number of aryl methyl sites for hydroxylation is 2. The molecule has 6 heteroatoms. The number of rotatable bonds is 3. The molecule has 0 saturated carbocycles. The van der Waals surface area contributed by atoms with Crippen LogP contribution in [-0.2, 0) is 0 Å². The highest BCUT2D eigenvalue weighted by Gasteiger charge is 2.10. The zero-order valence-electron chi connectivity index (χ0n) is 14.5. The largest absolute Gasteiger partial charge is 0.254 e. The molecule has 126 valence electrons. The average Bonchev–Trinajstić information content (AvgIpc) is 2.69. The van der Waals surface area contributed by atoms with Gasteiger partial charge in [0.15, 0.2) is 11.6 Å². The predicted molar refractivity (Wildman–Crippen MR) is 99.0 cm³/mol. The third-order valence-corrected chi connectivity index (χ3v) is 3.86. The molecule has 0 amide bonds. The van der Waals surface area contributed by atoms with E-state index in [0.29, 0.717) is 11.6 Å². The molecule has 4 rings (SSSR count). The maximum absolute atomic E-state index is 4.57. The summed E-state index contributed by atoms with van der Waals surface area (Å²) >= 11 is 0. The lowest BCUT2D eigenvalue weighted by atomic mass is 10.2. The molecule has 4 aromatic rings. The maximum Gasteiger partial charge on any atom is 0.198 e. The first-order valence-electron chi connectivity index (χ1n) is 8.21. The van der Waals surface area contributed by atoms with Crippen LogP contribution in [0.1, 0.15) is 11.1 Å². The van der Waals surface area contributed by atoms with Crippen molar-refractivity contribution in [3.05, 3.63) is 72.3 Å². The standard InChI is InChI=1S/C20H16N6/c1-13-3-5-15(23-11-13)17-7-9-21-19(25-17)20-22-10-8-18(26-20)16-6-4-14(2)12-24-16/h3-12H,1-2H3. The molecule has 0 fully saturated rings. The average molecular weight is 340 g/mol. The van der Waals surface area contributed by atoms with Crippen LogP contribution in [0.25, 0.3) is 34.4 Å². The Balaban J connectivity index is 1.72. The van der Waals surface area contributed by atoms with Crippen LogP contribution in [0, 0.1) is 13.8 Å². The molecule has 0 aliphatic heterocycles. The highest BCUT2D eigenvalue weighted by Crippen LogP contribution is 2.20. The van der Waals surface area contributed by atoms with Crippen LogP contribution in [-0.4, -0.2) is 29.9 Å². The Bertz CT molecular complexity index is 955. The highest BCUT2D eigenvalue weighted by molar-refractivity contribution is 5.60. The molecule has 26 heavy (non-hydrogen) atoms. The van der Waals surface area contributed by atoms with Crippen molar-refractivity contribution in [2.24, 2.45) is 0 Å². The maximum atomic E-state index is 4.57. The van der Waals surface area contributed by atoms with Gasteiger partial charge < -0.3 is 0 Å². The summed E-state index contributed by atoms with van der Waals surface area (Å²) in [4.78, 5) is 26.6. The predicted octanol–water partition coefficient (Wildman–Crippen LogP) is 3.67. The van der Waals surface area contributed by atoms with Gasteiger partial charge >= 0.3 is 0 Å². The van der Waals surface area contributed by atoms with Crippen LogP contribution in [0.3, 0.4) is 0 Å². The summed E-state index contributed by atoms with van der Waals surface area (Å²) in [7, 11) is 0. The van der Waals surface area contributed by atoms with Crippen LogP contribution in [0.4, 0.5) is 0 Å². The molecule has 0 aliphatic rings. The SMILES string of the molecule is Cc1ccc(-c2ccnc(-c3nccc(-c4ccc(C)cn4)n3)n2)nc1. The Kier molecular flexibility index (Phi) is 4.15. The molecule has 0 saturated heterocycles. The monoisotopic (exact) mass is 340 g/mol. The van der Waals surface area contributed by atoms with Gasteiger partial charge in [-0.25, -0.2) is 19.9 Å². The van der Waals surface area contributed by atoms with Crippen LogP contribution in [0.5, 0.6) is 0 Å². The summed E-state index contributed by atoms with van der Waals surface area (Å²) in [5, 5.41) is 0. The lowest BCUT2D eigenvalue weighted by molar-refractivity contribution is 1.07. The van der Waals surface area contributed by atoms with Gasteiger partial charge in [0.25, 0.3) is 0 Å². The molecular formula is C20H16N6. The molecule has 0 bridgehead atoms. The number of pyridine rings is 2. The summed E-state index contributed by atoms with van der Waals surface area (Å²) in [5.41, 5.74) is 5.25. The van der Waals surface area contributed by atoms with Crippen molar-refractivity contribution in [1.82, 2.24) is 29.9 Å². The summed E-state index contributed by atoms with van der Waals surface area (Å²) in [5.74, 6) is 0.915. The minimum Gasteiger partial charge on any atom is -0.254 e. The lowest BCUT2D eigenvalue weighted by Gasteiger charge is -2.05. The summed E-state index contributed by atoms with van der Waals surface area (Å²) in [6, 6.07) is 11.5. The molecule has 0 unspecified atom stereocenters. The summed E-state index contributed by atoms with van der Waals surface area (Å²) < 4.78 is 0. The smallest absolute Gasteiger partial charge is 0.198 e. The topological polar surface area (TPSA) is 77.3 Å². The fraction of sp³-hybridized carbons (Fsp3) is 0.100. The molecule has 0 aromatic carbocycles. The van der Waals surface area contributed by atoms with E-state index in [-0.39, 0.29) is 0 Å². The van der Waals surface area contributed by atoms with Crippen LogP contribution < -0.4 is 0 Å². The molecular weight excluding hydrogens is 324 g/mol. The van der Waals surface area contributed by atoms with Crippen LogP contribution in [0.15, 0.2) is 61.2 Å². The van der Waals surface area contributed by atoms with Gasteiger partial charge in [-0.3, -0.25) is 9.97 Å². The Hall–Kier alpha value is -3.54. The Labute approximate surface area is 151 Å². The Morgan fingerprint density at radius 3 is 1.35 bits per heavy atom. The molecule has 0 spiro atoms. The molecule has 0 radical (unpaired) electrons. The molecule has 4 heterocycles. The van der Waals surface area contributed by atoms with Crippen molar-refractivity contribution in [2.45, 2.75) is 13.8 Å². The van der Waals surface area contributed by atoms with Gasteiger partial charge in [-0.1, -0.05) is 12.1 Å². The molecule has 0 aliphatic carbocycles. The van der Waals surface area contributed by atoms with E-state index in [2.05, 4.69) is 29.9 Å². The normalized spacial score (nSPS) is 10.7. The first-order valence-corrected chi connectivity index (χ1v) is 8.21. The van der Waals surface area contributed by atoms with Gasteiger partial charge in [0.1, 0.15) is 0 Å². The lowest BCUT2D eigenvalue weighted by Crippen LogP contribution is -1.98. The van der Waals surface area contributed by atoms with Gasteiger partial charge in [0.2, 0.25) is 0 Å². The van der Waals surface area contributed by atoms with Gasteiger partial charge in [0, 0.05) is 24.8 Å². The molecule has 6 nitrogen and oxygen atoms in total. The van der Waals surface area contributed by atoms with Gasteiger partial charge in [-0.15, -0.1) is 0 Å². The Morgan fingerprint density at radius 2 is 0.962 bits per heavy atom. The van der Waals surface area contributed by atoms with Gasteiger partial charge in [-0.2, -0.15) is 0 Å². The van der Waals surface area contributed by atoms with E-state index in [1.807, 2.05) is 62.6 Å². The van der Waals surface area contributed by atoms with Crippen molar-refractivity contribution in [1.29, 1.82) is 0 Å². The third kappa shape index (κ3) is 3.30. The van der Waals surface area contributed by atoms with Crippen molar-refractivity contribution in [3.63, 3.8) is 0 Å². The molecule has 0 N–H and O–H groups in total. The number of nitrogens with zero attached hydrogens (tertiary/aromatic N) is 6. The highest BCUT2D eigenvalue weighted by atomic mass is 15.0. The van der Waals surface area contributed by atoms with E-state index < -0.39 is 0 Å². The number of hydrogen-bond donors (Lipinski definition) is 0. The molecule has 4 aromatic heterocycles. The second kappa shape index (κ2) is 6.76. The zero-order chi connectivity index (χ0) is 17.9. The Morgan fingerprint density at radius 1 is 0.500 bits per heavy atom. The van der Waals surface area contributed by atoms with E-state index in [4.69, 9.17) is 0 Å². The van der Waals surface area contributed by atoms with E-state index in [1.165, 1.54) is 0 Å². The van der Waals surface area contributed by atoms with Crippen LogP contribution >= 0.6 is 0 Å². The van der Waals surface area contributed by atoms with Crippen molar-refractivity contribution in [3.8, 4) is 34.4 Å². The van der Waals surface area contributed by atoms with E-state index >= 15 is 0 Å². The minimum absolute atomic E-state index is 0.457. The fourth-order valence-electron chi connectivity index (χ4n) is 2.46. The minimum atomic E-state index is 0.457. The second-order valence-corrected chi connectivity index (χ2v) is 5.97. The molecule has 0 atom stereocenters. The summed E-state index contributed by atoms with van der Waals surface area (Å²) in [6.45, 7) is 4.00. The van der Waals surface area contributed by atoms with Crippen LogP contribution in [0.2, 0.25) is 0 Å². The van der Waals surface area contributed by atoms with E-state index in [1.54, 1.807) is 12.4 Å². The third-order valence-electron chi connectivity index (χ3n) is 3.86. The first-order chi connectivity index (χ1) is 12.7. The van der Waals surface area contributed by atoms with E-state index in [9.17, 15) is 0 Å². The number of hydrogen-bond acceptors (Lipinski definition) is 6. The second-order valence-electron chi connectivity index (χ2n) is 5.97. The van der Waals surface area contributed by atoms with E-state index in [0.717, 1.165) is 33.9 Å². The fourth-order valence-corrected chi connectivity index (χ4v) is 2.46.